The number of hydrogen-bond acceptors (Lipinski definition) is 3. The minimum absolute atomic E-state index is 0.231. The molecule has 0 amide bonds. The molecule has 114 valence electrons. The maximum atomic E-state index is 4.42. The van der Waals surface area contributed by atoms with Gasteiger partial charge in [-0.3, -0.25) is 0 Å². The van der Waals surface area contributed by atoms with Gasteiger partial charge in [-0.1, -0.05) is 6.42 Å². The Balaban J connectivity index is 1.65. The van der Waals surface area contributed by atoms with E-state index in [0.29, 0.717) is 0 Å². The Kier molecular flexibility index (Phi) is 4.39. The van der Waals surface area contributed by atoms with Crippen molar-refractivity contribution >= 4 is 0 Å². The highest BCUT2D eigenvalue weighted by Crippen LogP contribution is 2.18. The molecule has 0 aromatic carbocycles. The maximum absolute atomic E-state index is 4.42. The second-order valence-electron chi connectivity index (χ2n) is 5.89. The quantitative estimate of drug-likeness (QED) is 0.919. The van der Waals surface area contributed by atoms with E-state index in [9.17, 15) is 0 Å². The third-order valence-corrected chi connectivity index (χ3v) is 4.31. The van der Waals surface area contributed by atoms with Crippen LogP contribution >= 0.6 is 0 Å². The summed E-state index contributed by atoms with van der Waals surface area (Å²) in [5.74, 6) is 2.25. The van der Waals surface area contributed by atoms with Gasteiger partial charge in [0.1, 0.15) is 11.6 Å². The zero-order chi connectivity index (χ0) is 14.7. The van der Waals surface area contributed by atoms with Crippen LogP contribution in [0.2, 0.25) is 0 Å². The van der Waals surface area contributed by atoms with E-state index in [0.717, 1.165) is 37.7 Å². The van der Waals surface area contributed by atoms with Crippen LogP contribution in [0.25, 0.3) is 0 Å². The first-order valence-electron chi connectivity index (χ1n) is 8.08. The van der Waals surface area contributed by atoms with Gasteiger partial charge < -0.3 is 14.5 Å². The molecule has 1 aliphatic rings. The van der Waals surface area contributed by atoms with Crippen molar-refractivity contribution in [3.63, 3.8) is 0 Å². The van der Waals surface area contributed by atoms with Gasteiger partial charge in [0, 0.05) is 38.4 Å². The molecule has 0 saturated heterocycles. The number of fused-ring (bicyclic) bond motifs is 1. The monoisotopic (exact) mass is 287 g/mol. The van der Waals surface area contributed by atoms with Crippen LogP contribution < -0.4 is 5.32 Å². The van der Waals surface area contributed by atoms with Crippen molar-refractivity contribution in [2.75, 3.05) is 0 Å². The van der Waals surface area contributed by atoms with Crippen molar-refractivity contribution in [1.29, 1.82) is 0 Å². The van der Waals surface area contributed by atoms with Crippen LogP contribution in [0.1, 0.15) is 56.4 Å². The number of aromatic nitrogens is 4. The van der Waals surface area contributed by atoms with Crippen LogP contribution in [0.4, 0.5) is 0 Å². The fraction of sp³-hybridized carbons (Fsp3) is 0.625. The van der Waals surface area contributed by atoms with E-state index in [1.54, 1.807) is 0 Å². The minimum Gasteiger partial charge on any atom is -0.354 e. The molecule has 1 atom stereocenters. The van der Waals surface area contributed by atoms with E-state index in [2.05, 4.69) is 57.0 Å². The lowest BCUT2D eigenvalue weighted by Gasteiger charge is -2.14. The summed E-state index contributed by atoms with van der Waals surface area (Å²) in [5.41, 5.74) is 1.32. The summed E-state index contributed by atoms with van der Waals surface area (Å²) in [4.78, 5) is 0. The Morgan fingerprint density at radius 1 is 1.29 bits per heavy atom. The number of hydrogen-bond donors (Lipinski definition) is 1. The van der Waals surface area contributed by atoms with Crippen LogP contribution in [0, 0.1) is 0 Å². The first-order chi connectivity index (χ1) is 10.3. The highest BCUT2D eigenvalue weighted by Gasteiger charge is 2.18. The first kappa shape index (κ1) is 14.3. The van der Waals surface area contributed by atoms with Crippen molar-refractivity contribution in [2.24, 2.45) is 0 Å². The summed E-state index contributed by atoms with van der Waals surface area (Å²) in [7, 11) is 0. The van der Waals surface area contributed by atoms with Crippen LogP contribution in [-0.2, 0) is 26.1 Å². The number of aryl methyl sites for hydroxylation is 2. The summed E-state index contributed by atoms with van der Waals surface area (Å²) in [6, 6.07) is 2.41. The van der Waals surface area contributed by atoms with Gasteiger partial charge in [-0.15, -0.1) is 10.2 Å². The minimum atomic E-state index is 0.231. The summed E-state index contributed by atoms with van der Waals surface area (Å²) >= 11 is 0. The summed E-state index contributed by atoms with van der Waals surface area (Å²) in [6.07, 6.45) is 9.18. The maximum Gasteiger partial charge on any atom is 0.149 e. The Bertz CT molecular complexity index is 583. The zero-order valence-electron chi connectivity index (χ0n) is 13.0. The third kappa shape index (κ3) is 3.18. The van der Waals surface area contributed by atoms with Gasteiger partial charge in [-0.2, -0.15) is 0 Å². The lowest BCUT2D eigenvalue weighted by atomic mass is 10.2. The van der Waals surface area contributed by atoms with Crippen LogP contribution in [0.3, 0.4) is 0 Å². The summed E-state index contributed by atoms with van der Waals surface area (Å²) < 4.78 is 4.52. The van der Waals surface area contributed by atoms with E-state index in [1.807, 2.05) is 0 Å². The highest BCUT2D eigenvalue weighted by molar-refractivity contribution is 5.11. The molecule has 5 nitrogen and oxygen atoms in total. The van der Waals surface area contributed by atoms with Crippen molar-refractivity contribution in [3.8, 4) is 0 Å². The van der Waals surface area contributed by atoms with Gasteiger partial charge >= 0.3 is 0 Å². The summed E-state index contributed by atoms with van der Waals surface area (Å²) in [5, 5.41) is 12.4. The molecule has 0 radical (unpaired) electrons. The Morgan fingerprint density at radius 3 is 3.00 bits per heavy atom. The topological polar surface area (TPSA) is 47.7 Å². The van der Waals surface area contributed by atoms with Gasteiger partial charge in [0.05, 0.1) is 6.04 Å². The fourth-order valence-electron chi connectivity index (χ4n) is 2.98. The van der Waals surface area contributed by atoms with E-state index < -0.39 is 0 Å². The fourth-order valence-corrected chi connectivity index (χ4v) is 2.98. The Morgan fingerprint density at radius 2 is 2.19 bits per heavy atom. The lowest BCUT2D eigenvalue weighted by molar-refractivity contribution is 0.501. The van der Waals surface area contributed by atoms with Gasteiger partial charge in [-0.25, -0.2) is 0 Å². The molecule has 0 aliphatic carbocycles. The highest BCUT2D eigenvalue weighted by atomic mass is 15.3. The van der Waals surface area contributed by atoms with Crippen molar-refractivity contribution in [1.82, 2.24) is 24.6 Å². The van der Waals surface area contributed by atoms with Crippen LogP contribution in [0.15, 0.2) is 18.5 Å². The molecule has 1 unspecified atom stereocenters. The van der Waals surface area contributed by atoms with E-state index in [-0.39, 0.29) is 6.04 Å². The molecule has 21 heavy (non-hydrogen) atoms. The molecular formula is C16H25N5. The van der Waals surface area contributed by atoms with Crippen molar-refractivity contribution < 1.29 is 0 Å². The first-order valence-corrected chi connectivity index (χ1v) is 8.08. The number of nitrogens with one attached hydrogen (secondary N) is 1. The molecular weight excluding hydrogens is 262 g/mol. The SMILES string of the molecule is CCn1ccc(CNC(C)c2nnc3n2CCCCC3)c1. The average Bonchev–Trinajstić information content (AvgIpc) is 3.06. The molecule has 3 rings (SSSR count). The molecule has 0 saturated carbocycles. The second kappa shape index (κ2) is 6.43. The Labute approximate surface area is 126 Å². The standard InChI is InChI=1S/C16H25N5/c1-3-20-10-8-14(12-20)11-17-13(2)16-19-18-15-7-5-4-6-9-21(15)16/h8,10,12-13,17H,3-7,9,11H2,1-2H3. The molecule has 2 aromatic heterocycles. The van der Waals surface area contributed by atoms with Gasteiger partial charge in [0.15, 0.2) is 0 Å². The number of nitrogens with zero attached hydrogens (tertiary/aromatic N) is 4. The van der Waals surface area contributed by atoms with E-state index >= 15 is 0 Å². The third-order valence-electron chi connectivity index (χ3n) is 4.31. The molecule has 1 aliphatic heterocycles. The van der Waals surface area contributed by atoms with Gasteiger partial charge in [0.25, 0.3) is 0 Å². The van der Waals surface area contributed by atoms with Gasteiger partial charge in [-0.05, 0) is 38.3 Å². The number of rotatable bonds is 5. The smallest absolute Gasteiger partial charge is 0.149 e. The lowest BCUT2D eigenvalue weighted by Crippen LogP contribution is -2.22. The molecule has 2 aromatic rings. The molecule has 1 N–H and O–H groups in total. The Hall–Kier alpha value is -1.62. The predicted octanol–water partition coefficient (Wildman–Crippen LogP) is 2.68. The molecule has 3 heterocycles. The molecule has 0 fully saturated rings. The van der Waals surface area contributed by atoms with Gasteiger partial charge in [0.2, 0.25) is 0 Å². The van der Waals surface area contributed by atoms with E-state index in [1.165, 1.54) is 24.8 Å². The largest absolute Gasteiger partial charge is 0.354 e. The second-order valence-corrected chi connectivity index (χ2v) is 5.89. The normalized spacial score (nSPS) is 16.5. The summed E-state index contributed by atoms with van der Waals surface area (Å²) in [6.45, 7) is 7.30. The van der Waals surface area contributed by atoms with Crippen LogP contribution in [-0.4, -0.2) is 19.3 Å². The molecule has 5 heteroatoms. The molecule has 0 bridgehead atoms. The van der Waals surface area contributed by atoms with Crippen LogP contribution in [0.5, 0.6) is 0 Å². The van der Waals surface area contributed by atoms with Crippen molar-refractivity contribution in [3.05, 3.63) is 35.7 Å². The van der Waals surface area contributed by atoms with E-state index in [4.69, 9.17) is 0 Å². The van der Waals surface area contributed by atoms with Crippen molar-refractivity contribution in [2.45, 2.75) is 65.2 Å². The molecule has 0 spiro atoms. The zero-order valence-corrected chi connectivity index (χ0v) is 13.0. The predicted molar refractivity (Wildman–Crippen MR) is 82.9 cm³/mol. The average molecular weight is 287 g/mol.